The van der Waals surface area contributed by atoms with E-state index in [1.165, 1.54) is 6.42 Å². The molecule has 0 radical (unpaired) electrons. The van der Waals surface area contributed by atoms with Gasteiger partial charge >= 0.3 is 0 Å². The van der Waals surface area contributed by atoms with Gasteiger partial charge in [-0.3, -0.25) is 0 Å². The summed E-state index contributed by atoms with van der Waals surface area (Å²) in [6.07, 6.45) is 2.30. The summed E-state index contributed by atoms with van der Waals surface area (Å²) in [5.41, 5.74) is 0.334. The Morgan fingerprint density at radius 2 is 1.55 bits per heavy atom. The molecule has 0 aromatic carbocycles. The van der Waals surface area contributed by atoms with Crippen molar-refractivity contribution in [3.05, 3.63) is 0 Å². The van der Waals surface area contributed by atoms with E-state index in [2.05, 4.69) is 19.2 Å². The maximum Gasteiger partial charge on any atom is 0.0701 e. The molecule has 0 unspecified atom stereocenters. The maximum atomic E-state index is 5.49. The van der Waals surface area contributed by atoms with Gasteiger partial charge in [-0.2, -0.15) is 0 Å². The monoisotopic (exact) mass is 289 g/mol. The van der Waals surface area contributed by atoms with Gasteiger partial charge in [0.05, 0.1) is 46.2 Å². The second-order valence-electron chi connectivity index (χ2n) is 5.67. The smallest absolute Gasteiger partial charge is 0.0701 e. The Kier molecular flexibility index (Phi) is 10.2. The van der Waals surface area contributed by atoms with Crippen LogP contribution >= 0.6 is 0 Å². The van der Waals surface area contributed by atoms with E-state index < -0.39 is 0 Å². The van der Waals surface area contributed by atoms with Gasteiger partial charge < -0.3 is 24.3 Å². The van der Waals surface area contributed by atoms with Crippen LogP contribution in [0.25, 0.3) is 0 Å². The molecule has 120 valence electrons. The first-order chi connectivity index (χ1) is 9.77. The molecule has 0 atom stereocenters. The van der Waals surface area contributed by atoms with Crippen molar-refractivity contribution < 1.29 is 18.9 Å². The highest BCUT2D eigenvalue weighted by Gasteiger charge is 2.32. The number of ether oxygens (including phenoxy) is 4. The minimum Gasteiger partial charge on any atom is -0.380 e. The third-order valence-corrected chi connectivity index (χ3v) is 3.26. The van der Waals surface area contributed by atoms with Crippen molar-refractivity contribution >= 4 is 0 Å². The van der Waals surface area contributed by atoms with Gasteiger partial charge in [0.15, 0.2) is 0 Å². The minimum atomic E-state index is 0.334. The predicted octanol–water partition coefficient (Wildman–Crippen LogP) is 1.46. The summed E-state index contributed by atoms with van der Waals surface area (Å²) in [5.74, 6) is 0. The van der Waals surface area contributed by atoms with E-state index in [1.54, 1.807) is 0 Å². The van der Waals surface area contributed by atoms with Gasteiger partial charge in [-0.05, 0) is 6.42 Å². The molecule has 1 N–H and O–H groups in total. The van der Waals surface area contributed by atoms with Crippen LogP contribution in [0.15, 0.2) is 0 Å². The number of nitrogens with one attached hydrogen (secondary N) is 1. The van der Waals surface area contributed by atoms with E-state index in [1.807, 2.05) is 0 Å². The fourth-order valence-corrected chi connectivity index (χ4v) is 1.88. The number of rotatable bonds is 14. The SMILES string of the molecule is CCCCOCCOCCOCCNCC1(C)COC1. The normalized spacial score (nSPS) is 17.1. The Morgan fingerprint density at radius 3 is 2.10 bits per heavy atom. The van der Waals surface area contributed by atoms with Gasteiger partial charge in [-0.15, -0.1) is 0 Å². The molecule has 1 fully saturated rings. The molecule has 5 nitrogen and oxygen atoms in total. The van der Waals surface area contributed by atoms with E-state index in [9.17, 15) is 0 Å². The summed E-state index contributed by atoms with van der Waals surface area (Å²) in [7, 11) is 0. The van der Waals surface area contributed by atoms with Crippen molar-refractivity contribution in [3.63, 3.8) is 0 Å². The summed E-state index contributed by atoms with van der Waals surface area (Å²) >= 11 is 0. The van der Waals surface area contributed by atoms with E-state index in [0.29, 0.717) is 31.8 Å². The molecule has 0 aromatic rings. The molecular formula is C15H31NO4. The van der Waals surface area contributed by atoms with E-state index >= 15 is 0 Å². The van der Waals surface area contributed by atoms with E-state index in [0.717, 1.165) is 45.9 Å². The highest BCUT2D eigenvalue weighted by atomic mass is 16.5. The average molecular weight is 289 g/mol. The summed E-state index contributed by atoms with van der Waals surface area (Å²) in [6.45, 7) is 12.2. The highest BCUT2D eigenvalue weighted by molar-refractivity contribution is 4.82. The summed E-state index contributed by atoms with van der Waals surface area (Å²) in [4.78, 5) is 0. The summed E-state index contributed by atoms with van der Waals surface area (Å²) in [5, 5.41) is 3.39. The van der Waals surface area contributed by atoms with E-state index in [-0.39, 0.29) is 0 Å². The molecule has 0 amide bonds. The van der Waals surface area contributed by atoms with Crippen LogP contribution in [0.2, 0.25) is 0 Å². The molecule has 1 saturated heterocycles. The largest absolute Gasteiger partial charge is 0.380 e. The molecule has 1 aliphatic heterocycles. The van der Waals surface area contributed by atoms with Crippen molar-refractivity contribution in [2.75, 3.05) is 65.9 Å². The molecule has 5 heteroatoms. The number of hydrogen-bond acceptors (Lipinski definition) is 5. The third-order valence-electron chi connectivity index (χ3n) is 3.26. The quantitative estimate of drug-likeness (QED) is 0.491. The van der Waals surface area contributed by atoms with Crippen molar-refractivity contribution in [2.24, 2.45) is 5.41 Å². The maximum absolute atomic E-state index is 5.49. The molecular weight excluding hydrogens is 258 g/mol. The van der Waals surface area contributed by atoms with Gasteiger partial charge in [0.2, 0.25) is 0 Å². The van der Waals surface area contributed by atoms with Gasteiger partial charge in [0, 0.05) is 25.1 Å². The number of hydrogen-bond donors (Lipinski definition) is 1. The molecule has 0 spiro atoms. The van der Waals surface area contributed by atoms with Crippen LogP contribution in [-0.4, -0.2) is 65.9 Å². The lowest BCUT2D eigenvalue weighted by Gasteiger charge is -2.38. The van der Waals surface area contributed by atoms with Crippen molar-refractivity contribution in [1.29, 1.82) is 0 Å². The van der Waals surface area contributed by atoms with Crippen molar-refractivity contribution in [2.45, 2.75) is 26.7 Å². The predicted molar refractivity (Wildman–Crippen MR) is 79.2 cm³/mol. The van der Waals surface area contributed by atoms with Crippen LogP contribution in [0, 0.1) is 5.41 Å². The molecule has 1 rings (SSSR count). The van der Waals surface area contributed by atoms with Crippen LogP contribution in [0.1, 0.15) is 26.7 Å². The lowest BCUT2D eigenvalue weighted by molar-refractivity contribution is -0.0993. The zero-order chi connectivity index (χ0) is 14.5. The fraction of sp³-hybridized carbons (Fsp3) is 1.00. The zero-order valence-electron chi connectivity index (χ0n) is 13.1. The first-order valence-corrected chi connectivity index (χ1v) is 7.78. The van der Waals surface area contributed by atoms with Crippen LogP contribution < -0.4 is 5.32 Å². The zero-order valence-corrected chi connectivity index (χ0v) is 13.1. The highest BCUT2D eigenvalue weighted by Crippen LogP contribution is 2.24. The van der Waals surface area contributed by atoms with Crippen LogP contribution in [0.3, 0.4) is 0 Å². The van der Waals surface area contributed by atoms with E-state index in [4.69, 9.17) is 18.9 Å². The molecule has 0 aromatic heterocycles. The third kappa shape index (κ3) is 8.87. The van der Waals surface area contributed by atoms with Crippen LogP contribution in [0.4, 0.5) is 0 Å². The first kappa shape index (κ1) is 17.9. The standard InChI is InChI=1S/C15H31NO4/c1-3-4-6-17-8-10-19-11-9-18-7-5-16-12-15(2)13-20-14-15/h16H,3-14H2,1-2H3. The Labute approximate surface area is 123 Å². The minimum absolute atomic E-state index is 0.334. The lowest BCUT2D eigenvalue weighted by Crippen LogP contribution is -2.47. The Bertz CT molecular complexity index is 222. The van der Waals surface area contributed by atoms with Crippen LogP contribution in [-0.2, 0) is 18.9 Å². The number of unbranched alkanes of at least 4 members (excludes halogenated alkanes) is 1. The molecule has 1 aliphatic rings. The second-order valence-corrected chi connectivity index (χ2v) is 5.67. The summed E-state index contributed by atoms with van der Waals surface area (Å²) in [6, 6.07) is 0. The Morgan fingerprint density at radius 1 is 0.950 bits per heavy atom. The summed E-state index contributed by atoms with van der Waals surface area (Å²) < 4.78 is 21.5. The van der Waals surface area contributed by atoms with Gasteiger partial charge in [-0.1, -0.05) is 20.3 Å². The molecule has 0 bridgehead atoms. The van der Waals surface area contributed by atoms with Gasteiger partial charge in [0.25, 0.3) is 0 Å². The Balaban J connectivity index is 1.68. The Hall–Kier alpha value is -0.200. The molecule has 0 aliphatic carbocycles. The topological polar surface area (TPSA) is 49.0 Å². The molecule has 1 heterocycles. The van der Waals surface area contributed by atoms with Crippen LogP contribution in [0.5, 0.6) is 0 Å². The average Bonchev–Trinajstić information content (AvgIpc) is 2.42. The van der Waals surface area contributed by atoms with Gasteiger partial charge in [-0.25, -0.2) is 0 Å². The second kappa shape index (κ2) is 11.5. The van der Waals surface area contributed by atoms with Crippen molar-refractivity contribution in [1.82, 2.24) is 5.32 Å². The van der Waals surface area contributed by atoms with Gasteiger partial charge in [0.1, 0.15) is 0 Å². The fourth-order valence-electron chi connectivity index (χ4n) is 1.88. The van der Waals surface area contributed by atoms with Crippen molar-refractivity contribution in [3.8, 4) is 0 Å². The molecule has 0 saturated carbocycles. The molecule has 20 heavy (non-hydrogen) atoms. The first-order valence-electron chi connectivity index (χ1n) is 7.78. The lowest BCUT2D eigenvalue weighted by atomic mass is 9.89.